The van der Waals surface area contributed by atoms with Crippen molar-refractivity contribution in [1.82, 2.24) is 9.97 Å². The number of hydrogen-bond donors (Lipinski definition) is 0. The summed E-state index contributed by atoms with van der Waals surface area (Å²) in [7, 11) is 0. The molecular weight excluding hydrogens is 456 g/mol. The lowest BCUT2D eigenvalue weighted by Crippen LogP contribution is -2.07. The highest BCUT2D eigenvalue weighted by Crippen LogP contribution is 2.30. The van der Waals surface area contributed by atoms with E-state index < -0.39 is 0 Å². The minimum Gasteiger partial charge on any atom is -0.491 e. The van der Waals surface area contributed by atoms with Crippen LogP contribution in [0.4, 0.5) is 0 Å². The van der Waals surface area contributed by atoms with Gasteiger partial charge in [-0.15, -0.1) is 0 Å². The Labute approximate surface area is 226 Å². The van der Waals surface area contributed by atoms with Crippen LogP contribution in [0.25, 0.3) is 11.4 Å². The van der Waals surface area contributed by atoms with E-state index >= 15 is 0 Å². The van der Waals surface area contributed by atoms with Crippen LogP contribution in [-0.2, 0) is 11.2 Å². The Morgan fingerprint density at radius 2 is 1.41 bits per heavy atom. The minimum atomic E-state index is 0.267. The van der Waals surface area contributed by atoms with Crippen molar-refractivity contribution in [1.29, 1.82) is 0 Å². The summed E-state index contributed by atoms with van der Waals surface area (Å²) < 4.78 is 11.7. The van der Waals surface area contributed by atoms with Gasteiger partial charge in [-0.3, -0.25) is 0 Å². The third-order valence-corrected chi connectivity index (χ3v) is 8.31. The third kappa shape index (κ3) is 10.4. The van der Waals surface area contributed by atoms with E-state index in [1.165, 1.54) is 115 Å². The molecule has 2 heterocycles. The van der Waals surface area contributed by atoms with Gasteiger partial charge < -0.3 is 9.47 Å². The first kappa shape index (κ1) is 28.1. The molecular formula is C33H50N2O2. The zero-order chi connectivity index (χ0) is 25.5. The first-order valence-corrected chi connectivity index (χ1v) is 15.5. The molecule has 0 N–H and O–H groups in total. The lowest BCUT2D eigenvalue weighted by Gasteiger charge is -2.08. The molecule has 0 spiro atoms. The summed E-state index contributed by atoms with van der Waals surface area (Å²) in [5, 5.41) is 0. The second-order valence-electron chi connectivity index (χ2n) is 11.5. The monoisotopic (exact) mass is 506 g/mol. The van der Waals surface area contributed by atoms with E-state index in [9.17, 15) is 0 Å². The van der Waals surface area contributed by atoms with Crippen molar-refractivity contribution in [3.05, 3.63) is 42.2 Å². The van der Waals surface area contributed by atoms with Gasteiger partial charge in [-0.25, -0.2) is 9.97 Å². The van der Waals surface area contributed by atoms with E-state index in [0.717, 1.165) is 29.5 Å². The van der Waals surface area contributed by atoms with Crippen LogP contribution in [0.15, 0.2) is 36.7 Å². The van der Waals surface area contributed by atoms with Gasteiger partial charge in [0, 0.05) is 18.0 Å². The van der Waals surface area contributed by atoms with E-state index in [1.807, 2.05) is 36.7 Å². The molecule has 1 aromatic heterocycles. The average molecular weight is 507 g/mol. The number of epoxide rings is 1. The molecule has 4 nitrogen and oxygen atoms in total. The predicted molar refractivity (Wildman–Crippen MR) is 153 cm³/mol. The van der Waals surface area contributed by atoms with Crippen molar-refractivity contribution >= 4 is 0 Å². The van der Waals surface area contributed by atoms with Crippen molar-refractivity contribution in [3.63, 3.8) is 0 Å². The van der Waals surface area contributed by atoms with Gasteiger partial charge in [0.15, 0.2) is 5.82 Å². The van der Waals surface area contributed by atoms with Gasteiger partial charge in [0.1, 0.15) is 18.5 Å². The summed E-state index contributed by atoms with van der Waals surface area (Å²) in [6.07, 6.45) is 29.2. The molecule has 2 aromatic rings. The zero-order valence-corrected chi connectivity index (χ0v) is 23.3. The normalized spacial score (nSPS) is 19.4. The lowest BCUT2D eigenvalue weighted by atomic mass is 9.99. The van der Waals surface area contributed by atoms with Crippen molar-refractivity contribution in [2.75, 3.05) is 6.61 Å². The van der Waals surface area contributed by atoms with Crippen molar-refractivity contribution in [2.45, 2.75) is 135 Å². The summed E-state index contributed by atoms with van der Waals surface area (Å²) >= 11 is 0. The number of aromatic nitrogens is 2. The Morgan fingerprint density at radius 1 is 0.757 bits per heavy atom. The van der Waals surface area contributed by atoms with Gasteiger partial charge in [0.2, 0.25) is 0 Å². The van der Waals surface area contributed by atoms with Crippen LogP contribution in [-0.4, -0.2) is 28.8 Å². The van der Waals surface area contributed by atoms with Crippen LogP contribution in [0.5, 0.6) is 5.75 Å². The summed E-state index contributed by atoms with van der Waals surface area (Å²) in [5.74, 6) is 2.73. The number of ether oxygens (including phenoxy) is 2. The molecule has 1 aromatic carbocycles. The molecule has 204 valence electrons. The highest BCUT2D eigenvalue weighted by Gasteiger charge is 2.38. The maximum absolute atomic E-state index is 5.94. The molecule has 2 fully saturated rings. The standard InChI is InChI=1S/C33H50N2O2/c1-2-3-4-12-19-31-32(37-31)26-36-30-22-20-29(21-23-30)33-34-24-28(25-35-33)18-11-9-7-5-6-8-10-15-27-16-13-14-17-27/h20-25,27,31-32H,2-19,26H2,1H3/t31-,32-/m1/s1. The van der Waals surface area contributed by atoms with Crippen LogP contribution < -0.4 is 4.74 Å². The number of rotatable bonds is 19. The lowest BCUT2D eigenvalue weighted by molar-refractivity contribution is 0.259. The van der Waals surface area contributed by atoms with Crippen LogP contribution in [0.1, 0.15) is 122 Å². The maximum Gasteiger partial charge on any atom is 0.159 e. The Hall–Kier alpha value is -1.94. The molecule has 1 aliphatic heterocycles. The molecule has 1 saturated heterocycles. The number of unbranched alkanes of at least 4 members (excludes halogenated alkanes) is 9. The zero-order valence-electron chi connectivity index (χ0n) is 23.3. The summed E-state index contributed by atoms with van der Waals surface area (Å²) in [6.45, 7) is 2.89. The smallest absolute Gasteiger partial charge is 0.159 e. The summed E-state index contributed by atoms with van der Waals surface area (Å²) in [4.78, 5) is 9.25. The predicted octanol–water partition coefficient (Wildman–Crippen LogP) is 9.11. The van der Waals surface area contributed by atoms with E-state index in [2.05, 4.69) is 16.9 Å². The Morgan fingerprint density at radius 3 is 2.14 bits per heavy atom. The molecule has 0 radical (unpaired) electrons. The maximum atomic E-state index is 5.94. The molecule has 4 rings (SSSR count). The van der Waals surface area contributed by atoms with Crippen LogP contribution >= 0.6 is 0 Å². The summed E-state index contributed by atoms with van der Waals surface area (Å²) in [6, 6.07) is 8.13. The largest absolute Gasteiger partial charge is 0.491 e. The minimum absolute atomic E-state index is 0.267. The van der Waals surface area contributed by atoms with E-state index in [-0.39, 0.29) is 6.10 Å². The Balaban J connectivity index is 1.04. The quantitative estimate of drug-likeness (QED) is 0.141. The van der Waals surface area contributed by atoms with Gasteiger partial charge in [-0.1, -0.05) is 103 Å². The molecule has 0 unspecified atom stereocenters. The average Bonchev–Trinajstić information content (AvgIpc) is 3.48. The van der Waals surface area contributed by atoms with Crippen molar-refractivity contribution in [2.24, 2.45) is 5.92 Å². The number of aryl methyl sites for hydroxylation is 1. The Bertz CT molecular complexity index is 861. The van der Waals surface area contributed by atoms with E-state index in [4.69, 9.17) is 9.47 Å². The SMILES string of the molecule is CCCCCC[C@H]1O[C@@H]1COc1ccc(-c2ncc(CCCCCCCCCC3CCCC3)cn2)cc1. The molecule has 2 atom stereocenters. The summed E-state index contributed by atoms with van der Waals surface area (Å²) in [5.41, 5.74) is 2.28. The van der Waals surface area contributed by atoms with Gasteiger partial charge in [0.25, 0.3) is 0 Å². The molecule has 0 amide bonds. The van der Waals surface area contributed by atoms with Gasteiger partial charge in [-0.2, -0.15) is 0 Å². The van der Waals surface area contributed by atoms with Gasteiger partial charge >= 0.3 is 0 Å². The highest BCUT2D eigenvalue weighted by molar-refractivity contribution is 5.55. The van der Waals surface area contributed by atoms with Crippen molar-refractivity contribution in [3.8, 4) is 17.1 Å². The molecule has 37 heavy (non-hydrogen) atoms. The van der Waals surface area contributed by atoms with Crippen LogP contribution in [0.2, 0.25) is 0 Å². The second kappa shape index (κ2) is 16.1. The van der Waals surface area contributed by atoms with E-state index in [1.54, 1.807) is 0 Å². The molecule has 1 aliphatic carbocycles. The first-order valence-electron chi connectivity index (χ1n) is 15.5. The highest BCUT2D eigenvalue weighted by atomic mass is 16.6. The Kier molecular flexibility index (Phi) is 12.2. The molecule has 2 aliphatic rings. The fourth-order valence-corrected chi connectivity index (χ4v) is 5.81. The topological polar surface area (TPSA) is 47.5 Å². The van der Waals surface area contributed by atoms with Gasteiger partial charge in [0.05, 0.1) is 6.10 Å². The second-order valence-corrected chi connectivity index (χ2v) is 11.5. The first-order chi connectivity index (χ1) is 18.3. The third-order valence-electron chi connectivity index (χ3n) is 8.31. The molecule has 1 saturated carbocycles. The fraction of sp³-hybridized carbons (Fsp3) is 0.697. The number of nitrogens with zero attached hydrogens (tertiary/aromatic N) is 2. The van der Waals surface area contributed by atoms with Crippen LogP contribution in [0, 0.1) is 5.92 Å². The van der Waals surface area contributed by atoms with Crippen molar-refractivity contribution < 1.29 is 9.47 Å². The molecule has 4 heteroatoms. The number of hydrogen-bond acceptors (Lipinski definition) is 4. The molecule has 0 bridgehead atoms. The number of benzene rings is 1. The van der Waals surface area contributed by atoms with E-state index in [0.29, 0.717) is 12.7 Å². The van der Waals surface area contributed by atoms with Crippen LogP contribution in [0.3, 0.4) is 0 Å². The van der Waals surface area contributed by atoms with Gasteiger partial charge in [-0.05, 0) is 55.0 Å². The fourth-order valence-electron chi connectivity index (χ4n) is 5.81.